The van der Waals surface area contributed by atoms with Crippen LogP contribution in [0.2, 0.25) is 5.02 Å². The summed E-state index contributed by atoms with van der Waals surface area (Å²) in [6, 6.07) is 5.93. The first-order chi connectivity index (χ1) is 8.79. The molecule has 0 aromatic heterocycles. The molecule has 1 aromatic carbocycles. The van der Waals surface area contributed by atoms with Crippen molar-refractivity contribution in [3.63, 3.8) is 0 Å². The summed E-state index contributed by atoms with van der Waals surface area (Å²) in [6.45, 7) is 0.217. The predicted molar refractivity (Wildman–Crippen MR) is 77.8 cm³/mol. The van der Waals surface area contributed by atoms with E-state index in [1.165, 1.54) is 12.2 Å². The van der Waals surface area contributed by atoms with E-state index < -0.39 is 0 Å². The number of ether oxygens (including phenoxy) is 1. The van der Waals surface area contributed by atoms with E-state index in [-0.39, 0.29) is 6.61 Å². The molecule has 1 aliphatic rings. The van der Waals surface area contributed by atoms with Gasteiger partial charge in [-0.15, -0.1) is 0 Å². The monoisotopic (exact) mass is 286 g/mol. The summed E-state index contributed by atoms with van der Waals surface area (Å²) in [7, 11) is 0. The summed E-state index contributed by atoms with van der Waals surface area (Å²) in [6.07, 6.45) is 4.27. The number of hydrogen-bond acceptors (Lipinski definition) is 3. The van der Waals surface area contributed by atoms with E-state index in [4.69, 9.17) is 21.4 Å². The Balaban J connectivity index is 1.95. The van der Waals surface area contributed by atoms with E-state index in [2.05, 4.69) is 0 Å². The van der Waals surface area contributed by atoms with Gasteiger partial charge in [-0.1, -0.05) is 17.7 Å². The summed E-state index contributed by atoms with van der Waals surface area (Å²) >= 11 is 8.18. The Labute approximate surface area is 118 Å². The number of aliphatic hydroxyl groups excluding tert-OH is 1. The highest BCUT2D eigenvalue weighted by molar-refractivity contribution is 7.99. The van der Waals surface area contributed by atoms with Crippen molar-refractivity contribution in [3.8, 4) is 5.75 Å². The van der Waals surface area contributed by atoms with Crippen molar-refractivity contribution in [2.75, 3.05) is 18.1 Å². The second-order valence-corrected chi connectivity index (χ2v) is 6.11. The number of halogens is 1. The maximum absolute atomic E-state index is 8.81. The molecule has 100 valence electrons. The van der Waals surface area contributed by atoms with Gasteiger partial charge in [0, 0.05) is 12.4 Å². The fourth-order valence-corrected chi connectivity index (χ4v) is 3.35. The smallest absolute Gasteiger partial charge is 0.138 e. The van der Waals surface area contributed by atoms with Crippen molar-refractivity contribution >= 4 is 23.4 Å². The van der Waals surface area contributed by atoms with Gasteiger partial charge in [-0.3, -0.25) is 0 Å². The van der Waals surface area contributed by atoms with Crippen molar-refractivity contribution in [3.05, 3.63) is 28.8 Å². The zero-order valence-corrected chi connectivity index (χ0v) is 12.0. The van der Waals surface area contributed by atoms with Gasteiger partial charge in [-0.25, -0.2) is 0 Å². The van der Waals surface area contributed by atoms with Crippen LogP contribution in [-0.4, -0.2) is 29.3 Å². The average molecular weight is 287 g/mol. The van der Waals surface area contributed by atoms with Gasteiger partial charge in [0.1, 0.15) is 11.9 Å². The van der Waals surface area contributed by atoms with E-state index in [0.717, 1.165) is 36.3 Å². The molecule has 1 fully saturated rings. The summed E-state index contributed by atoms with van der Waals surface area (Å²) < 4.78 is 5.94. The van der Waals surface area contributed by atoms with Crippen molar-refractivity contribution < 1.29 is 9.84 Å². The molecule has 1 aromatic rings. The van der Waals surface area contributed by atoms with Crippen LogP contribution in [-0.2, 0) is 6.42 Å². The lowest BCUT2D eigenvalue weighted by atomic mass is 10.1. The molecule has 2 rings (SSSR count). The van der Waals surface area contributed by atoms with Gasteiger partial charge < -0.3 is 9.84 Å². The van der Waals surface area contributed by atoms with Crippen LogP contribution < -0.4 is 4.74 Å². The van der Waals surface area contributed by atoms with Crippen molar-refractivity contribution in [2.24, 2.45) is 0 Å². The van der Waals surface area contributed by atoms with Crippen molar-refractivity contribution in [1.29, 1.82) is 0 Å². The molecule has 1 atom stereocenters. The van der Waals surface area contributed by atoms with Crippen LogP contribution in [0, 0.1) is 0 Å². The van der Waals surface area contributed by atoms with Crippen LogP contribution in [0.1, 0.15) is 24.8 Å². The zero-order valence-electron chi connectivity index (χ0n) is 10.4. The van der Waals surface area contributed by atoms with E-state index >= 15 is 0 Å². The summed E-state index contributed by atoms with van der Waals surface area (Å²) in [5, 5.41) is 9.49. The van der Waals surface area contributed by atoms with Crippen LogP contribution in [0.3, 0.4) is 0 Å². The van der Waals surface area contributed by atoms with Gasteiger partial charge in [0.25, 0.3) is 0 Å². The van der Waals surface area contributed by atoms with Gasteiger partial charge in [-0.2, -0.15) is 11.8 Å². The van der Waals surface area contributed by atoms with Gasteiger partial charge >= 0.3 is 0 Å². The third-order valence-corrected chi connectivity index (χ3v) is 4.51. The molecule has 0 aliphatic carbocycles. The molecule has 1 saturated heterocycles. The van der Waals surface area contributed by atoms with Crippen LogP contribution in [0.4, 0.5) is 0 Å². The SMILES string of the molecule is OCCCc1ccc(OC2CCCSC2)c(Cl)c1. The van der Waals surface area contributed by atoms with Gasteiger partial charge in [0.05, 0.1) is 5.02 Å². The molecule has 1 aliphatic heterocycles. The summed E-state index contributed by atoms with van der Waals surface area (Å²) in [5.41, 5.74) is 1.15. The average Bonchev–Trinajstić information content (AvgIpc) is 2.40. The Morgan fingerprint density at radius 2 is 2.33 bits per heavy atom. The fourth-order valence-electron chi connectivity index (χ4n) is 2.06. The van der Waals surface area contributed by atoms with Crippen LogP contribution in [0.25, 0.3) is 0 Å². The first-order valence-corrected chi connectivity index (χ1v) is 7.96. The predicted octanol–water partition coefficient (Wildman–Crippen LogP) is 3.54. The van der Waals surface area contributed by atoms with Gasteiger partial charge in [-0.05, 0) is 49.1 Å². The highest BCUT2D eigenvalue weighted by atomic mass is 35.5. The molecular weight excluding hydrogens is 268 g/mol. The Bertz CT molecular complexity index is 378. The number of rotatable bonds is 5. The van der Waals surface area contributed by atoms with Gasteiger partial charge in [0.15, 0.2) is 0 Å². The second-order valence-electron chi connectivity index (χ2n) is 4.55. The maximum Gasteiger partial charge on any atom is 0.138 e. The minimum absolute atomic E-state index is 0.217. The number of thioether (sulfide) groups is 1. The highest BCUT2D eigenvalue weighted by Crippen LogP contribution is 2.29. The molecule has 1 unspecified atom stereocenters. The highest BCUT2D eigenvalue weighted by Gasteiger charge is 2.16. The largest absolute Gasteiger partial charge is 0.488 e. The van der Waals surface area contributed by atoms with Crippen LogP contribution in [0.15, 0.2) is 18.2 Å². The van der Waals surface area contributed by atoms with Crippen molar-refractivity contribution in [1.82, 2.24) is 0 Å². The molecule has 4 heteroatoms. The number of aryl methyl sites for hydroxylation is 1. The molecule has 2 nitrogen and oxygen atoms in total. The number of benzene rings is 1. The lowest BCUT2D eigenvalue weighted by Gasteiger charge is -2.23. The summed E-state index contributed by atoms with van der Waals surface area (Å²) in [4.78, 5) is 0. The van der Waals surface area contributed by atoms with Crippen molar-refractivity contribution in [2.45, 2.75) is 31.8 Å². The number of hydrogen-bond donors (Lipinski definition) is 1. The van der Waals surface area contributed by atoms with Crippen LogP contribution in [0.5, 0.6) is 5.75 Å². The zero-order chi connectivity index (χ0) is 12.8. The normalized spacial score (nSPS) is 19.8. The molecule has 18 heavy (non-hydrogen) atoms. The minimum atomic E-state index is 0.217. The first-order valence-electron chi connectivity index (χ1n) is 6.43. The molecule has 0 amide bonds. The Morgan fingerprint density at radius 3 is 3.00 bits per heavy atom. The van der Waals surface area contributed by atoms with E-state index in [1.807, 2.05) is 30.0 Å². The molecule has 0 saturated carbocycles. The lowest BCUT2D eigenvalue weighted by Crippen LogP contribution is -2.23. The Morgan fingerprint density at radius 1 is 1.44 bits per heavy atom. The fraction of sp³-hybridized carbons (Fsp3) is 0.571. The Hall–Kier alpha value is -0.380. The number of aliphatic hydroxyl groups is 1. The molecule has 1 N–H and O–H groups in total. The molecule has 0 radical (unpaired) electrons. The van der Waals surface area contributed by atoms with Crippen LogP contribution >= 0.6 is 23.4 Å². The lowest BCUT2D eigenvalue weighted by molar-refractivity contribution is 0.211. The second kappa shape index (κ2) is 7.27. The maximum atomic E-state index is 8.81. The standard InChI is InChI=1S/C14H19ClO2S/c15-13-9-11(3-1-7-16)5-6-14(13)17-12-4-2-8-18-10-12/h5-6,9,12,16H,1-4,7-8,10H2. The third-order valence-electron chi connectivity index (χ3n) is 3.03. The molecular formula is C14H19ClO2S. The summed E-state index contributed by atoms with van der Waals surface area (Å²) in [5.74, 6) is 3.09. The molecule has 0 bridgehead atoms. The molecule has 1 heterocycles. The first kappa shape index (κ1) is 14.0. The van der Waals surface area contributed by atoms with Gasteiger partial charge in [0.2, 0.25) is 0 Å². The Kier molecular flexibility index (Phi) is 5.67. The minimum Gasteiger partial charge on any atom is -0.488 e. The third kappa shape index (κ3) is 4.08. The quantitative estimate of drug-likeness (QED) is 0.898. The van der Waals surface area contributed by atoms with E-state index in [1.54, 1.807) is 0 Å². The van der Waals surface area contributed by atoms with E-state index in [9.17, 15) is 0 Å². The van der Waals surface area contributed by atoms with E-state index in [0.29, 0.717) is 11.1 Å². The topological polar surface area (TPSA) is 29.5 Å². The molecule has 0 spiro atoms.